The minimum atomic E-state index is -0.315. The van der Waals surface area contributed by atoms with Gasteiger partial charge in [0, 0.05) is 11.6 Å². The fraction of sp³-hybridized carbons (Fsp3) is 0.0455. The van der Waals surface area contributed by atoms with Crippen LogP contribution in [0.2, 0.25) is 0 Å². The molecule has 4 rings (SSSR count). The standard InChI is InChI=1S/C22H16FN2O.BrH/c23-20-8-4-3-7-19(20)21-11-12-25(15-24-21)14-22(26)18-10-9-16-5-1-2-6-17(16)13-18;/h1-13,15H,14H2;1H/q+1;/p-1. The van der Waals surface area contributed by atoms with Crippen LogP contribution in [0, 0.1) is 5.82 Å². The lowest BCUT2D eigenvalue weighted by molar-refractivity contribution is -0.686. The van der Waals surface area contributed by atoms with E-state index in [2.05, 4.69) is 4.98 Å². The summed E-state index contributed by atoms with van der Waals surface area (Å²) in [5, 5.41) is 2.14. The van der Waals surface area contributed by atoms with Gasteiger partial charge in [0.25, 0.3) is 6.33 Å². The van der Waals surface area contributed by atoms with Crippen molar-refractivity contribution in [3.8, 4) is 11.3 Å². The van der Waals surface area contributed by atoms with Crippen molar-refractivity contribution in [2.75, 3.05) is 0 Å². The number of carbonyl (C=O) groups is 1. The highest BCUT2D eigenvalue weighted by molar-refractivity contribution is 5.99. The monoisotopic (exact) mass is 422 g/mol. The lowest BCUT2D eigenvalue weighted by Crippen LogP contribution is -3.00. The number of hydrogen-bond donors (Lipinski definition) is 0. The molecule has 0 N–H and O–H groups in total. The Morgan fingerprint density at radius 2 is 1.67 bits per heavy atom. The van der Waals surface area contributed by atoms with E-state index < -0.39 is 0 Å². The average molecular weight is 423 g/mol. The van der Waals surface area contributed by atoms with E-state index in [-0.39, 0.29) is 35.1 Å². The normalized spacial score (nSPS) is 10.4. The predicted octanol–water partition coefficient (Wildman–Crippen LogP) is 1.22. The van der Waals surface area contributed by atoms with Crippen molar-refractivity contribution in [1.29, 1.82) is 0 Å². The number of benzene rings is 3. The van der Waals surface area contributed by atoms with Crippen molar-refractivity contribution in [2.45, 2.75) is 6.54 Å². The molecule has 5 heteroatoms. The van der Waals surface area contributed by atoms with Crippen molar-refractivity contribution in [2.24, 2.45) is 0 Å². The van der Waals surface area contributed by atoms with Gasteiger partial charge in [0.1, 0.15) is 5.82 Å². The Morgan fingerprint density at radius 1 is 0.926 bits per heavy atom. The first-order valence-corrected chi connectivity index (χ1v) is 8.33. The van der Waals surface area contributed by atoms with Crippen molar-refractivity contribution < 1.29 is 30.7 Å². The van der Waals surface area contributed by atoms with Gasteiger partial charge in [-0.15, -0.1) is 0 Å². The van der Waals surface area contributed by atoms with Gasteiger partial charge >= 0.3 is 0 Å². The number of rotatable bonds is 4. The molecule has 0 unspecified atom stereocenters. The molecule has 3 aromatic carbocycles. The Bertz CT molecular complexity index is 1100. The van der Waals surface area contributed by atoms with Crippen molar-refractivity contribution in [3.05, 3.63) is 96.7 Å². The van der Waals surface area contributed by atoms with E-state index in [0.29, 0.717) is 16.8 Å². The lowest BCUT2D eigenvalue weighted by atomic mass is 10.0. The number of carbonyl (C=O) groups excluding carboxylic acids is 1. The van der Waals surface area contributed by atoms with Gasteiger partial charge in [-0.3, -0.25) is 4.79 Å². The number of ketones is 1. The van der Waals surface area contributed by atoms with Gasteiger partial charge in [-0.05, 0) is 34.0 Å². The van der Waals surface area contributed by atoms with Crippen molar-refractivity contribution in [1.82, 2.24) is 4.98 Å². The summed E-state index contributed by atoms with van der Waals surface area (Å²) in [5.74, 6) is -0.314. The Kier molecular flexibility index (Phi) is 5.72. The summed E-state index contributed by atoms with van der Waals surface area (Å²) < 4.78 is 15.5. The van der Waals surface area contributed by atoms with Crippen LogP contribution in [0.25, 0.3) is 22.0 Å². The molecule has 0 spiro atoms. The predicted molar refractivity (Wildman–Crippen MR) is 98.1 cm³/mol. The van der Waals surface area contributed by atoms with Crippen molar-refractivity contribution >= 4 is 16.6 Å². The number of nitrogens with zero attached hydrogens (tertiary/aromatic N) is 2. The van der Waals surface area contributed by atoms with Crippen LogP contribution >= 0.6 is 0 Å². The third-order valence-electron chi connectivity index (χ3n) is 4.32. The SMILES string of the molecule is O=C(C[n+]1ccc(-c2ccccc2F)nc1)c1ccc2ccccc2c1.[Br-]. The van der Waals surface area contributed by atoms with Crippen LogP contribution in [0.3, 0.4) is 0 Å². The zero-order valence-electron chi connectivity index (χ0n) is 14.3. The molecule has 0 saturated heterocycles. The Labute approximate surface area is 166 Å². The topological polar surface area (TPSA) is 33.8 Å². The van der Waals surface area contributed by atoms with Crippen LogP contribution in [0.1, 0.15) is 10.4 Å². The minimum Gasteiger partial charge on any atom is -1.00 e. The van der Waals surface area contributed by atoms with Crippen LogP contribution < -0.4 is 21.5 Å². The van der Waals surface area contributed by atoms with Crippen LogP contribution in [-0.4, -0.2) is 10.8 Å². The second-order valence-electron chi connectivity index (χ2n) is 6.08. The molecule has 0 atom stereocenters. The van der Waals surface area contributed by atoms with E-state index in [1.807, 2.05) is 42.5 Å². The molecule has 1 aromatic heterocycles. The fourth-order valence-corrected chi connectivity index (χ4v) is 2.93. The van der Waals surface area contributed by atoms with E-state index >= 15 is 0 Å². The van der Waals surface area contributed by atoms with Gasteiger partial charge in [-0.1, -0.05) is 48.5 Å². The molecule has 0 aliphatic carbocycles. The van der Waals surface area contributed by atoms with Gasteiger partial charge in [-0.25, -0.2) is 8.96 Å². The van der Waals surface area contributed by atoms with E-state index in [0.717, 1.165) is 10.8 Å². The van der Waals surface area contributed by atoms with Gasteiger partial charge < -0.3 is 17.0 Å². The van der Waals surface area contributed by atoms with Crippen LogP contribution in [0.15, 0.2) is 85.3 Å². The van der Waals surface area contributed by atoms with Crippen LogP contribution in [0.5, 0.6) is 0 Å². The molecular formula is C22H16BrFN2O. The summed E-state index contributed by atoms with van der Waals surface area (Å²) >= 11 is 0. The first-order valence-electron chi connectivity index (χ1n) is 8.33. The van der Waals surface area contributed by atoms with E-state index in [4.69, 9.17) is 0 Å². The van der Waals surface area contributed by atoms with Gasteiger partial charge in [-0.2, -0.15) is 0 Å². The molecule has 134 valence electrons. The summed E-state index contributed by atoms with van der Waals surface area (Å²) in [6, 6.07) is 21.8. The Balaban J connectivity index is 0.00000210. The number of hydrogen-bond acceptors (Lipinski definition) is 2. The zero-order valence-corrected chi connectivity index (χ0v) is 15.9. The smallest absolute Gasteiger partial charge is 0.287 e. The first kappa shape index (κ1) is 18.9. The fourth-order valence-electron chi connectivity index (χ4n) is 2.93. The van der Waals surface area contributed by atoms with E-state index in [9.17, 15) is 9.18 Å². The molecule has 0 amide bonds. The number of halogens is 2. The highest BCUT2D eigenvalue weighted by Gasteiger charge is 2.14. The minimum absolute atomic E-state index is 0. The third kappa shape index (κ3) is 4.09. The molecule has 27 heavy (non-hydrogen) atoms. The summed E-state index contributed by atoms with van der Waals surface area (Å²) in [6.07, 6.45) is 3.30. The average Bonchev–Trinajstić information content (AvgIpc) is 2.69. The first-order chi connectivity index (χ1) is 12.7. The van der Waals surface area contributed by atoms with Crippen LogP contribution in [0.4, 0.5) is 4.39 Å². The molecule has 4 aromatic rings. The largest absolute Gasteiger partial charge is 1.00 e. The van der Waals surface area contributed by atoms with E-state index in [1.165, 1.54) is 6.07 Å². The quantitative estimate of drug-likeness (QED) is 0.366. The maximum atomic E-state index is 13.8. The molecule has 1 heterocycles. The second kappa shape index (κ2) is 8.18. The van der Waals surface area contributed by atoms with E-state index in [1.54, 1.807) is 41.4 Å². The maximum absolute atomic E-state index is 13.8. The van der Waals surface area contributed by atoms with Gasteiger partial charge in [0.05, 0.1) is 11.8 Å². The molecular weight excluding hydrogens is 407 g/mol. The Hall–Kier alpha value is -2.92. The van der Waals surface area contributed by atoms with Gasteiger partial charge in [0.15, 0.2) is 12.2 Å². The molecule has 0 aliphatic heterocycles. The summed E-state index contributed by atoms with van der Waals surface area (Å²) in [6.45, 7) is 0.183. The number of fused-ring (bicyclic) bond motifs is 1. The highest BCUT2D eigenvalue weighted by atomic mass is 79.9. The third-order valence-corrected chi connectivity index (χ3v) is 4.32. The molecule has 0 bridgehead atoms. The molecule has 0 saturated carbocycles. The maximum Gasteiger partial charge on any atom is 0.287 e. The highest BCUT2D eigenvalue weighted by Crippen LogP contribution is 2.19. The van der Waals surface area contributed by atoms with Crippen LogP contribution in [-0.2, 0) is 6.54 Å². The molecule has 0 fully saturated rings. The summed E-state index contributed by atoms with van der Waals surface area (Å²) in [5.41, 5.74) is 1.65. The second-order valence-corrected chi connectivity index (χ2v) is 6.08. The van der Waals surface area contributed by atoms with Crippen molar-refractivity contribution in [3.63, 3.8) is 0 Å². The summed E-state index contributed by atoms with van der Waals surface area (Å²) in [7, 11) is 0. The summed E-state index contributed by atoms with van der Waals surface area (Å²) in [4.78, 5) is 16.8. The molecule has 0 radical (unpaired) electrons. The number of aromatic nitrogens is 2. The molecule has 3 nitrogen and oxygen atoms in total. The Morgan fingerprint density at radius 3 is 2.41 bits per heavy atom. The molecule has 0 aliphatic rings. The van der Waals surface area contributed by atoms with Gasteiger partial charge in [0.2, 0.25) is 5.78 Å². The number of Topliss-reactive ketones (excluding diaryl/α,β-unsaturated/α-hetero) is 1. The lowest BCUT2D eigenvalue weighted by Gasteiger charge is -2.03. The zero-order chi connectivity index (χ0) is 17.9.